The fourth-order valence-corrected chi connectivity index (χ4v) is 2.48. The van der Waals surface area contributed by atoms with Crippen LogP contribution in [0.25, 0.3) is 0 Å². The number of methoxy groups -OCH3 is 2. The van der Waals surface area contributed by atoms with Crippen LogP contribution >= 0.6 is 0 Å². The zero-order chi connectivity index (χ0) is 18.9. The molecule has 0 aliphatic heterocycles. The Bertz CT molecular complexity index is 880. The van der Waals surface area contributed by atoms with Crippen LogP contribution in [0.5, 0.6) is 11.5 Å². The van der Waals surface area contributed by atoms with Gasteiger partial charge in [0, 0.05) is 17.8 Å². The third-order valence-corrected chi connectivity index (χ3v) is 3.90. The van der Waals surface area contributed by atoms with Crippen molar-refractivity contribution in [3.8, 4) is 11.5 Å². The second-order valence-electron chi connectivity index (χ2n) is 5.74. The molecule has 0 aliphatic carbocycles. The lowest BCUT2D eigenvalue weighted by molar-refractivity contribution is 0.397. The summed E-state index contributed by atoms with van der Waals surface area (Å²) in [6.07, 6.45) is 0. The van der Waals surface area contributed by atoms with Crippen LogP contribution in [0, 0.1) is 0 Å². The van der Waals surface area contributed by atoms with Crippen molar-refractivity contribution >= 4 is 17.1 Å². The number of hydrazine groups is 1. The number of hydrogen-bond acceptors (Lipinski definition) is 6. The van der Waals surface area contributed by atoms with Crippen LogP contribution in [0.2, 0.25) is 0 Å². The standard InChI is InChI=1S/C21H22N4O2/c1-26-20-12-13-21(27-2)16(14-20)15-22-23-18-8-10-19(11-9-18)25-24-17-6-4-3-5-7-17/h3-14,22-23H,15H2,1-2H3. The molecule has 6 heteroatoms. The normalized spacial score (nSPS) is 10.7. The lowest BCUT2D eigenvalue weighted by Crippen LogP contribution is -2.21. The summed E-state index contributed by atoms with van der Waals surface area (Å²) in [6.45, 7) is 0.579. The van der Waals surface area contributed by atoms with Crippen molar-refractivity contribution in [1.82, 2.24) is 5.43 Å². The molecular formula is C21H22N4O2. The van der Waals surface area contributed by atoms with Gasteiger partial charge in [-0.1, -0.05) is 18.2 Å². The van der Waals surface area contributed by atoms with Gasteiger partial charge in [0.2, 0.25) is 0 Å². The van der Waals surface area contributed by atoms with E-state index in [0.29, 0.717) is 6.54 Å². The Balaban J connectivity index is 1.55. The van der Waals surface area contributed by atoms with Crippen LogP contribution in [-0.4, -0.2) is 14.2 Å². The van der Waals surface area contributed by atoms with E-state index < -0.39 is 0 Å². The zero-order valence-corrected chi connectivity index (χ0v) is 15.3. The van der Waals surface area contributed by atoms with Crippen molar-refractivity contribution in [2.45, 2.75) is 6.54 Å². The molecule has 138 valence electrons. The Morgan fingerprint density at radius 1 is 0.778 bits per heavy atom. The molecule has 6 nitrogen and oxygen atoms in total. The van der Waals surface area contributed by atoms with Gasteiger partial charge in [0.1, 0.15) is 11.5 Å². The first-order valence-electron chi connectivity index (χ1n) is 8.55. The van der Waals surface area contributed by atoms with Crippen LogP contribution in [0.3, 0.4) is 0 Å². The topological polar surface area (TPSA) is 67.2 Å². The molecule has 0 radical (unpaired) electrons. The van der Waals surface area contributed by atoms with Crippen LogP contribution in [0.4, 0.5) is 17.1 Å². The molecule has 0 amide bonds. The Morgan fingerprint density at radius 3 is 2.15 bits per heavy atom. The monoisotopic (exact) mass is 362 g/mol. The fourth-order valence-electron chi connectivity index (χ4n) is 2.48. The number of azo groups is 1. The van der Waals surface area contributed by atoms with Gasteiger partial charge in [-0.25, -0.2) is 5.43 Å². The molecule has 27 heavy (non-hydrogen) atoms. The first-order valence-corrected chi connectivity index (χ1v) is 8.55. The summed E-state index contributed by atoms with van der Waals surface area (Å²) in [5.41, 5.74) is 9.89. The van der Waals surface area contributed by atoms with Crippen molar-refractivity contribution in [3.63, 3.8) is 0 Å². The van der Waals surface area contributed by atoms with Crippen LogP contribution in [-0.2, 0) is 6.54 Å². The van der Waals surface area contributed by atoms with Gasteiger partial charge in [-0.15, -0.1) is 0 Å². The van der Waals surface area contributed by atoms with Crippen molar-refractivity contribution in [2.75, 3.05) is 19.6 Å². The van der Waals surface area contributed by atoms with Gasteiger partial charge in [0.25, 0.3) is 0 Å². The molecule has 0 saturated carbocycles. The smallest absolute Gasteiger partial charge is 0.123 e. The molecule has 0 fully saturated rings. The fraction of sp³-hybridized carbons (Fsp3) is 0.143. The molecular weight excluding hydrogens is 340 g/mol. The van der Waals surface area contributed by atoms with Gasteiger partial charge in [-0.2, -0.15) is 10.2 Å². The lowest BCUT2D eigenvalue weighted by atomic mass is 10.2. The maximum absolute atomic E-state index is 5.38. The van der Waals surface area contributed by atoms with E-state index in [4.69, 9.17) is 9.47 Å². The van der Waals surface area contributed by atoms with Crippen molar-refractivity contribution < 1.29 is 9.47 Å². The minimum atomic E-state index is 0.579. The third-order valence-electron chi connectivity index (χ3n) is 3.90. The Hall–Kier alpha value is -3.38. The second kappa shape index (κ2) is 9.35. The van der Waals surface area contributed by atoms with Crippen LogP contribution in [0.1, 0.15) is 5.56 Å². The molecule has 2 N–H and O–H groups in total. The molecule has 0 saturated heterocycles. The first kappa shape index (κ1) is 18.4. The summed E-state index contributed by atoms with van der Waals surface area (Å²) in [7, 11) is 3.30. The van der Waals surface area contributed by atoms with Crippen LogP contribution in [0.15, 0.2) is 83.0 Å². The molecule has 0 heterocycles. The predicted molar refractivity (Wildman–Crippen MR) is 107 cm³/mol. The maximum Gasteiger partial charge on any atom is 0.123 e. The average molecular weight is 362 g/mol. The quantitative estimate of drug-likeness (QED) is 0.425. The van der Waals surface area contributed by atoms with E-state index in [9.17, 15) is 0 Å². The molecule has 0 aliphatic rings. The third kappa shape index (κ3) is 5.29. The van der Waals surface area contributed by atoms with E-state index in [-0.39, 0.29) is 0 Å². The summed E-state index contributed by atoms with van der Waals surface area (Å²) < 4.78 is 10.6. The molecule has 0 unspecified atom stereocenters. The van der Waals surface area contributed by atoms with Gasteiger partial charge in [-0.3, -0.25) is 0 Å². The zero-order valence-electron chi connectivity index (χ0n) is 15.3. The highest BCUT2D eigenvalue weighted by Crippen LogP contribution is 2.24. The SMILES string of the molecule is COc1ccc(OC)c(CNNc2ccc(N=Nc3ccccc3)cc2)c1. The molecule has 0 aromatic heterocycles. The maximum atomic E-state index is 5.38. The number of hydrogen-bond donors (Lipinski definition) is 2. The van der Waals surface area contributed by atoms with Crippen molar-refractivity contribution in [1.29, 1.82) is 0 Å². The summed E-state index contributed by atoms with van der Waals surface area (Å²) in [5, 5.41) is 8.44. The Labute approximate surface area is 158 Å². The average Bonchev–Trinajstić information content (AvgIpc) is 2.74. The van der Waals surface area contributed by atoms with Gasteiger partial charge in [0.15, 0.2) is 0 Å². The lowest BCUT2D eigenvalue weighted by Gasteiger charge is -2.12. The number of nitrogens with one attached hydrogen (secondary N) is 2. The van der Waals surface area contributed by atoms with E-state index in [1.807, 2.05) is 72.8 Å². The van der Waals surface area contributed by atoms with Gasteiger partial charge in [-0.05, 0) is 54.6 Å². The van der Waals surface area contributed by atoms with Crippen LogP contribution < -0.4 is 20.3 Å². The van der Waals surface area contributed by atoms with Gasteiger partial charge < -0.3 is 14.9 Å². The highest BCUT2D eigenvalue weighted by Gasteiger charge is 2.04. The Morgan fingerprint density at radius 2 is 1.48 bits per heavy atom. The van der Waals surface area contributed by atoms with Gasteiger partial charge >= 0.3 is 0 Å². The molecule has 0 bridgehead atoms. The predicted octanol–water partition coefficient (Wildman–Crippen LogP) is 5.24. The number of nitrogens with zero attached hydrogens (tertiary/aromatic N) is 2. The number of anilines is 1. The van der Waals surface area contributed by atoms with Crippen molar-refractivity contribution in [2.24, 2.45) is 10.2 Å². The molecule has 3 rings (SSSR count). The molecule has 0 spiro atoms. The van der Waals surface area contributed by atoms with E-state index >= 15 is 0 Å². The second-order valence-corrected chi connectivity index (χ2v) is 5.74. The number of benzene rings is 3. The van der Waals surface area contributed by atoms with E-state index in [2.05, 4.69) is 21.1 Å². The highest BCUT2D eigenvalue weighted by atomic mass is 16.5. The minimum Gasteiger partial charge on any atom is -0.497 e. The summed E-state index contributed by atoms with van der Waals surface area (Å²) in [4.78, 5) is 0. The summed E-state index contributed by atoms with van der Waals surface area (Å²) in [5.74, 6) is 1.60. The Kier molecular flexibility index (Phi) is 6.38. The van der Waals surface area contributed by atoms with Gasteiger partial charge in [0.05, 0.1) is 25.6 Å². The molecule has 3 aromatic rings. The highest BCUT2D eigenvalue weighted by molar-refractivity contribution is 5.50. The summed E-state index contributed by atoms with van der Waals surface area (Å²) >= 11 is 0. The number of ether oxygens (including phenoxy) is 2. The molecule has 3 aromatic carbocycles. The summed E-state index contributed by atoms with van der Waals surface area (Å²) in [6, 6.07) is 23.0. The van der Waals surface area contributed by atoms with E-state index in [1.165, 1.54) is 0 Å². The largest absolute Gasteiger partial charge is 0.497 e. The number of rotatable bonds is 8. The van der Waals surface area contributed by atoms with Crippen molar-refractivity contribution in [3.05, 3.63) is 78.4 Å². The minimum absolute atomic E-state index is 0.579. The molecule has 0 atom stereocenters. The van der Waals surface area contributed by atoms with E-state index in [1.54, 1.807) is 14.2 Å². The van der Waals surface area contributed by atoms with E-state index in [0.717, 1.165) is 34.1 Å². The first-order chi connectivity index (χ1) is 13.3.